The van der Waals surface area contributed by atoms with Crippen molar-refractivity contribution in [2.45, 2.75) is 6.92 Å². The van der Waals surface area contributed by atoms with E-state index in [4.69, 9.17) is 4.74 Å². The van der Waals surface area contributed by atoms with Crippen LogP contribution in [-0.4, -0.2) is 36.3 Å². The van der Waals surface area contributed by atoms with Gasteiger partial charge in [0, 0.05) is 18.9 Å². The Hall–Kier alpha value is -1.03. The molecule has 0 spiro atoms. The van der Waals surface area contributed by atoms with Gasteiger partial charge in [0.1, 0.15) is 5.75 Å². The fraction of sp³-hybridized carbons (Fsp3) is 0.417. The Morgan fingerprint density at radius 1 is 1.44 bits per heavy atom. The first-order valence-corrected chi connectivity index (χ1v) is 6.36. The molecule has 0 aliphatic carbocycles. The van der Waals surface area contributed by atoms with E-state index in [1.54, 1.807) is 18.0 Å². The van der Waals surface area contributed by atoms with Crippen LogP contribution in [0.1, 0.15) is 17.3 Å². The third-order valence-electron chi connectivity index (χ3n) is 2.18. The predicted octanol–water partition coefficient (Wildman–Crippen LogP) is 2.55. The van der Waals surface area contributed by atoms with E-state index in [-0.39, 0.29) is 5.91 Å². The van der Waals surface area contributed by atoms with Crippen molar-refractivity contribution >= 4 is 21.8 Å². The normalized spacial score (nSPS) is 9.94. The molecule has 1 aromatic rings. The summed E-state index contributed by atoms with van der Waals surface area (Å²) in [7, 11) is 1.78. The van der Waals surface area contributed by atoms with Gasteiger partial charge in [0.25, 0.3) is 5.91 Å². The molecule has 88 valence electrons. The highest BCUT2D eigenvalue weighted by Crippen LogP contribution is 2.19. The average Bonchev–Trinajstić information content (AvgIpc) is 2.29. The minimum absolute atomic E-state index is 0.0106. The second-order valence-electron chi connectivity index (χ2n) is 3.34. The third kappa shape index (κ3) is 3.23. The number of alkyl halides is 1. The summed E-state index contributed by atoms with van der Waals surface area (Å²) in [4.78, 5) is 13.7. The van der Waals surface area contributed by atoms with Crippen molar-refractivity contribution in [2.24, 2.45) is 0 Å². The standard InChI is InChI=1S/C12H16BrNO2/c1-3-16-11-7-5-4-6-10(11)12(15)14(2)9-8-13/h4-7H,3,8-9H2,1-2H3. The van der Waals surface area contributed by atoms with Gasteiger partial charge >= 0.3 is 0 Å². The maximum atomic E-state index is 12.1. The maximum absolute atomic E-state index is 12.1. The lowest BCUT2D eigenvalue weighted by Gasteiger charge is -2.17. The molecule has 0 heterocycles. The molecule has 0 saturated heterocycles. The largest absolute Gasteiger partial charge is 0.493 e. The number of hydrogen-bond donors (Lipinski definition) is 0. The third-order valence-corrected chi connectivity index (χ3v) is 2.54. The van der Waals surface area contributed by atoms with Gasteiger partial charge in [-0.15, -0.1) is 0 Å². The van der Waals surface area contributed by atoms with Gasteiger partial charge in [-0.25, -0.2) is 0 Å². The summed E-state index contributed by atoms with van der Waals surface area (Å²) in [6.45, 7) is 3.15. The molecule has 1 amide bonds. The Bertz CT molecular complexity index is 355. The summed E-state index contributed by atoms with van der Waals surface area (Å²) in [5.74, 6) is 0.639. The molecule has 0 aromatic heterocycles. The molecule has 3 nitrogen and oxygen atoms in total. The number of benzene rings is 1. The van der Waals surface area contributed by atoms with Crippen LogP contribution < -0.4 is 4.74 Å². The van der Waals surface area contributed by atoms with E-state index in [2.05, 4.69) is 15.9 Å². The zero-order valence-electron chi connectivity index (χ0n) is 9.57. The van der Waals surface area contributed by atoms with Crippen molar-refractivity contribution in [3.8, 4) is 5.75 Å². The zero-order chi connectivity index (χ0) is 12.0. The van der Waals surface area contributed by atoms with Crippen molar-refractivity contribution in [3.05, 3.63) is 29.8 Å². The van der Waals surface area contributed by atoms with Crippen LogP contribution in [0.2, 0.25) is 0 Å². The molecule has 1 aromatic carbocycles. The number of ether oxygens (including phenoxy) is 1. The lowest BCUT2D eigenvalue weighted by atomic mass is 10.2. The van der Waals surface area contributed by atoms with Crippen molar-refractivity contribution < 1.29 is 9.53 Å². The van der Waals surface area contributed by atoms with Gasteiger partial charge in [-0.3, -0.25) is 4.79 Å². The van der Waals surface area contributed by atoms with Crippen LogP contribution >= 0.6 is 15.9 Å². The second-order valence-corrected chi connectivity index (χ2v) is 4.14. The van der Waals surface area contributed by atoms with Crippen molar-refractivity contribution in [1.29, 1.82) is 0 Å². The molecule has 0 aliphatic heterocycles. The van der Waals surface area contributed by atoms with Gasteiger partial charge in [-0.2, -0.15) is 0 Å². The maximum Gasteiger partial charge on any atom is 0.257 e. The first kappa shape index (κ1) is 13.0. The molecule has 0 unspecified atom stereocenters. The lowest BCUT2D eigenvalue weighted by molar-refractivity contribution is 0.0800. The molecule has 0 aliphatic rings. The number of carbonyl (C=O) groups is 1. The van der Waals surface area contributed by atoms with Crippen molar-refractivity contribution in [2.75, 3.05) is 25.5 Å². The molecule has 4 heteroatoms. The number of hydrogen-bond acceptors (Lipinski definition) is 2. The summed E-state index contributed by atoms with van der Waals surface area (Å²) in [6, 6.07) is 7.32. The molecule has 0 bridgehead atoms. The first-order valence-electron chi connectivity index (χ1n) is 5.24. The highest BCUT2D eigenvalue weighted by atomic mass is 79.9. The Morgan fingerprint density at radius 2 is 2.12 bits per heavy atom. The van der Waals surface area contributed by atoms with Crippen LogP contribution in [0, 0.1) is 0 Å². The molecule has 0 atom stereocenters. The smallest absolute Gasteiger partial charge is 0.257 e. The Kier molecular flexibility index (Phi) is 5.32. The Labute approximate surface area is 105 Å². The van der Waals surface area contributed by atoms with Crippen LogP contribution in [0.3, 0.4) is 0 Å². The quantitative estimate of drug-likeness (QED) is 0.778. The van der Waals surface area contributed by atoms with Crippen LogP contribution in [0.15, 0.2) is 24.3 Å². The van der Waals surface area contributed by atoms with E-state index in [0.717, 1.165) is 5.33 Å². The number of halogens is 1. The fourth-order valence-electron chi connectivity index (χ4n) is 1.36. The SMILES string of the molecule is CCOc1ccccc1C(=O)N(C)CCBr. The molecule has 1 rings (SSSR count). The Balaban J connectivity index is 2.89. The summed E-state index contributed by atoms with van der Waals surface area (Å²) in [6.07, 6.45) is 0. The molecule has 0 fully saturated rings. The highest BCUT2D eigenvalue weighted by Gasteiger charge is 2.15. The zero-order valence-corrected chi connectivity index (χ0v) is 11.2. The summed E-state index contributed by atoms with van der Waals surface area (Å²) >= 11 is 3.31. The lowest BCUT2D eigenvalue weighted by Crippen LogP contribution is -2.28. The number of para-hydroxylation sites is 1. The van der Waals surface area contributed by atoms with Gasteiger partial charge < -0.3 is 9.64 Å². The van der Waals surface area contributed by atoms with Gasteiger partial charge in [0.05, 0.1) is 12.2 Å². The van der Waals surface area contributed by atoms with E-state index in [9.17, 15) is 4.79 Å². The number of amides is 1. The van der Waals surface area contributed by atoms with E-state index in [0.29, 0.717) is 24.5 Å². The molecule has 0 radical (unpaired) electrons. The number of carbonyl (C=O) groups excluding carboxylic acids is 1. The Morgan fingerprint density at radius 3 is 2.75 bits per heavy atom. The average molecular weight is 286 g/mol. The second kappa shape index (κ2) is 6.53. The molecular formula is C12H16BrNO2. The van der Waals surface area contributed by atoms with Gasteiger partial charge in [-0.05, 0) is 19.1 Å². The predicted molar refractivity (Wildman–Crippen MR) is 68.4 cm³/mol. The van der Waals surface area contributed by atoms with Crippen molar-refractivity contribution in [1.82, 2.24) is 4.90 Å². The minimum Gasteiger partial charge on any atom is -0.493 e. The topological polar surface area (TPSA) is 29.5 Å². The van der Waals surface area contributed by atoms with E-state index in [1.807, 2.05) is 25.1 Å². The molecular weight excluding hydrogens is 270 g/mol. The molecule has 0 saturated carbocycles. The van der Waals surface area contributed by atoms with Crippen LogP contribution in [-0.2, 0) is 0 Å². The van der Waals surface area contributed by atoms with Gasteiger partial charge in [-0.1, -0.05) is 28.1 Å². The minimum atomic E-state index is -0.0106. The van der Waals surface area contributed by atoms with Gasteiger partial charge in [0.15, 0.2) is 0 Å². The van der Waals surface area contributed by atoms with Crippen LogP contribution in [0.5, 0.6) is 5.75 Å². The molecule has 0 N–H and O–H groups in total. The number of rotatable bonds is 5. The highest BCUT2D eigenvalue weighted by molar-refractivity contribution is 9.09. The monoisotopic (exact) mass is 285 g/mol. The summed E-state index contributed by atoms with van der Waals surface area (Å²) in [5, 5.41) is 0.770. The van der Waals surface area contributed by atoms with Gasteiger partial charge in [0.2, 0.25) is 0 Å². The van der Waals surface area contributed by atoms with Crippen LogP contribution in [0.25, 0.3) is 0 Å². The van der Waals surface area contributed by atoms with Crippen LogP contribution in [0.4, 0.5) is 0 Å². The van der Waals surface area contributed by atoms with E-state index >= 15 is 0 Å². The fourth-order valence-corrected chi connectivity index (χ4v) is 1.89. The summed E-state index contributed by atoms with van der Waals surface area (Å²) in [5.41, 5.74) is 0.618. The number of nitrogens with zero attached hydrogens (tertiary/aromatic N) is 1. The molecule has 16 heavy (non-hydrogen) atoms. The van der Waals surface area contributed by atoms with E-state index in [1.165, 1.54) is 0 Å². The summed E-state index contributed by atoms with van der Waals surface area (Å²) < 4.78 is 5.43. The first-order chi connectivity index (χ1) is 7.70. The van der Waals surface area contributed by atoms with Crippen molar-refractivity contribution in [3.63, 3.8) is 0 Å². The van der Waals surface area contributed by atoms with E-state index < -0.39 is 0 Å².